The Hall–Kier alpha value is -1.42. The van der Waals surface area contributed by atoms with Crippen LogP contribution in [0.4, 0.5) is 0 Å². The van der Waals surface area contributed by atoms with Gasteiger partial charge < -0.3 is 10.0 Å². The molecule has 0 spiro atoms. The highest BCUT2D eigenvalue weighted by molar-refractivity contribution is 8.01. The van der Waals surface area contributed by atoms with Crippen molar-refractivity contribution in [2.75, 3.05) is 32.1 Å². The van der Waals surface area contributed by atoms with Gasteiger partial charge in [0.1, 0.15) is 15.8 Å². The fraction of sp³-hybridized carbons (Fsp3) is 0.667. The molecule has 0 radical (unpaired) electrons. The molecule has 15 heteroatoms. The van der Waals surface area contributed by atoms with Gasteiger partial charge in [-0.3, -0.25) is 14.4 Å². The van der Waals surface area contributed by atoms with Gasteiger partial charge in [-0.2, -0.15) is 12.7 Å². The highest BCUT2D eigenvalue weighted by Gasteiger charge is 2.61. The van der Waals surface area contributed by atoms with Gasteiger partial charge in [0.25, 0.3) is 5.91 Å². The molecule has 30 heavy (non-hydrogen) atoms. The van der Waals surface area contributed by atoms with E-state index in [0.29, 0.717) is 8.64 Å². The molecule has 2 aliphatic heterocycles. The summed E-state index contributed by atoms with van der Waals surface area (Å²) in [5.41, 5.74) is -1.21. The molecule has 2 amide bonds. The number of β-lactam (4-membered cyclic amide) rings is 1. The number of carboxylic acids is 1. The van der Waals surface area contributed by atoms with E-state index in [1.54, 1.807) is 6.92 Å². The van der Waals surface area contributed by atoms with Crippen LogP contribution in [-0.2, 0) is 24.6 Å². The molecule has 0 aromatic carbocycles. The zero-order valence-electron chi connectivity index (χ0n) is 16.6. The average Bonchev–Trinajstić information content (AvgIpc) is 3.08. The van der Waals surface area contributed by atoms with Crippen molar-refractivity contribution in [3.63, 3.8) is 0 Å². The fourth-order valence-electron chi connectivity index (χ4n) is 3.18. The van der Waals surface area contributed by atoms with Crippen LogP contribution in [-0.4, -0.2) is 98.6 Å². The third kappa shape index (κ3) is 3.92. The number of aromatic nitrogens is 2. The second kappa shape index (κ2) is 8.26. The van der Waals surface area contributed by atoms with Gasteiger partial charge in [-0.15, -0.1) is 22.0 Å². The number of carboxylic acid groups (broad SMARTS) is 1. The maximum atomic E-state index is 12.8. The van der Waals surface area contributed by atoms with Crippen LogP contribution >= 0.6 is 34.9 Å². The highest BCUT2D eigenvalue weighted by atomic mass is 32.2. The molecular weight excluding hydrogens is 474 g/mol. The van der Waals surface area contributed by atoms with Crippen molar-refractivity contribution in [2.24, 2.45) is 5.41 Å². The van der Waals surface area contributed by atoms with Gasteiger partial charge in [0.15, 0.2) is 10.4 Å². The smallest absolute Gasteiger partial charge is 0.313 e. The van der Waals surface area contributed by atoms with E-state index < -0.39 is 44.8 Å². The number of fused-ring (bicyclic) bond motifs is 1. The molecule has 1 N–H and O–H groups in total. The molecule has 2 fully saturated rings. The average molecular weight is 496 g/mol. The minimum absolute atomic E-state index is 0.0616. The second-order valence-electron chi connectivity index (χ2n) is 7.18. The highest BCUT2D eigenvalue weighted by Crippen LogP contribution is 2.46. The van der Waals surface area contributed by atoms with Crippen molar-refractivity contribution < 1.29 is 27.9 Å². The fourth-order valence-corrected chi connectivity index (χ4v) is 8.15. The van der Waals surface area contributed by atoms with Crippen molar-refractivity contribution >= 4 is 62.9 Å². The molecule has 3 atom stereocenters. The van der Waals surface area contributed by atoms with Crippen molar-refractivity contribution in [1.82, 2.24) is 23.7 Å². The second-order valence-corrected chi connectivity index (χ2v) is 12.7. The first-order valence-electron chi connectivity index (χ1n) is 8.71. The Balaban J connectivity index is 1.79. The lowest BCUT2D eigenvalue weighted by Crippen LogP contribution is -2.75. The molecule has 2 unspecified atom stereocenters. The summed E-state index contributed by atoms with van der Waals surface area (Å²) in [7, 11) is -1.59. The van der Waals surface area contributed by atoms with Gasteiger partial charge in [0.2, 0.25) is 5.91 Å². The minimum atomic E-state index is -4.15. The molecule has 1 aromatic heterocycles. The van der Waals surface area contributed by atoms with Crippen LogP contribution in [0.2, 0.25) is 0 Å². The van der Waals surface area contributed by atoms with Gasteiger partial charge in [-0.1, -0.05) is 23.1 Å². The Labute approximate surface area is 186 Å². The molecular formula is C15H21N5O6S4. The Bertz CT molecular complexity index is 982. The summed E-state index contributed by atoms with van der Waals surface area (Å²) >= 11 is 3.81. The van der Waals surface area contributed by atoms with E-state index in [1.165, 1.54) is 53.9 Å². The zero-order valence-corrected chi connectivity index (χ0v) is 19.9. The number of aliphatic carboxylic acids is 1. The first-order chi connectivity index (χ1) is 13.9. The normalized spacial score (nSPS) is 26.3. The number of aryl methyl sites for hydroxylation is 1. The first-order valence-corrected chi connectivity index (χ1v) is 13.0. The molecule has 3 rings (SSSR count). The summed E-state index contributed by atoms with van der Waals surface area (Å²) in [4.78, 5) is 38.3. The lowest BCUT2D eigenvalue weighted by molar-refractivity contribution is -0.161. The van der Waals surface area contributed by atoms with Gasteiger partial charge >= 0.3 is 16.2 Å². The summed E-state index contributed by atoms with van der Waals surface area (Å²) in [6.07, 6.45) is 0. The number of hydrogen-bond donors (Lipinski definition) is 1. The third-order valence-electron chi connectivity index (χ3n) is 4.82. The molecule has 0 saturated carbocycles. The third-order valence-corrected chi connectivity index (χ3v) is 10.6. The molecule has 2 aliphatic rings. The van der Waals surface area contributed by atoms with Gasteiger partial charge in [-0.25, -0.2) is 4.31 Å². The van der Waals surface area contributed by atoms with Crippen LogP contribution in [0.5, 0.6) is 0 Å². The molecule has 11 nitrogen and oxygen atoms in total. The van der Waals surface area contributed by atoms with Crippen LogP contribution in [0.1, 0.15) is 11.9 Å². The predicted molar refractivity (Wildman–Crippen MR) is 112 cm³/mol. The lowest BCUT2D eigenvalue weighted by Gasteiger charge is -2.55. The molecule has 3 heterocycles. The largest absolute Gasteiger partial charge is 0.481 e. The maximum Gasteiger partial charge on any atom is 0.313 e. The Kier molecular flexibility index (Phi) is 6.40. The van der Waals surface area contributed by atoms with E-state index >= 15 is 0 Å². The topological polar surface area (TPSA) is 141 Å². The molecule has 0 bridgehead atoms. The standard InChI is InChI=1S/C15H21N5O6S4/c1-8-16-17-14(29-8)28-7-15(13(23)24)5-19-11(22)10(12(19)27-6-15)20(9(2)21)30(25,26)18(3)4/h10,12H,5-7H2,1-4H3,(H,23,24)/t10?,12-,15?/m1/s1. The van der Waals surface area contributed by atoms with Crippen LogP contribution in [0, 0.1) is 12.3 Å². The zero-order chi connectivity index (χ0) is 22.4. The summed E-state index contributed by atoms with van der Waals surface area (Å²) < 4.78 is 27.2. The van der Waals surface area contributed by atoms with Crippen molar-refractivity contribution in [2.45, 2.75) is 29.6 Å². The van der Waals surface area contributed by atoms with E-state index in [-0.39, 0.29) is 18.1 Å². The predicted octanol–water partition coefficient (Wildman–Crippen LogP) is -0.0518. The van der Waals surface area contributed by atoms with Crippen LogP contribution in [0.3, 0.4) is 0 Å². The van der Waals surface area contributed by atoms with E-state index in [1.807, 2.05) is 0 Å². The summed E-state index contributed by atoms with van der Waals surface area (Å²) in [6, 6.07) is -1.18. The van der Waals surface area contributed by atoms with E-state index in [4.69, 9.17) is 0 Å². The van der Waals surface area contributed by atoms with Gasteiger partial charge in [0.05, 0.1) is 0 Å². The van der Waals surface area contributed by atoms with Crippen molar-refractivity contribution in [3.8, 4) is 0 Å². The number of thioether (sulfide) groups is 2. The maximum absolute atomic E-state index is 12.8. The van der Waals surface area contributed by atoms with E-state index in [9.17, 15) is 27.9 Å². The summed E-state index contributed by atoms with van der Waals surface area (Å²) in [5, 5.41) is 17.9. The monoisotopic (exact) mass is 495 g/mol. The van der Waals surface area contributed by atoms with Crippen molar-refractivity contribution in [3.05, 3.63) is 5.01 Å². The number of carbonyl (C=O) groups is 3. The minimum Gasteiger partial charge on any atom is -0.481 e. The first kappa shape index (κ1) is 23.2. The van der Waals surface area contributed by atoms with Crippen LogP contribution in [0.25, 0.3) is 0 Å². The lowest BCUT2D eigenvalue weighted by atomic mass is 9.89. The van der Waals surface area contributed by atoms with Crippen LogP contribution in [0.15, 0.2) is 4.34 Å². The van der Waals surface area contributed by atoms with Crippen LogP contribution < -0.4 is 0 Å². The Morgan fingerprint density at radius 3 is 2.53 bits per heavy atom. The summed E-state index contributed by atoms with van der Waals surface area (Å²) in [6.45, 7) is 2.83. The molecule has 166 valence electrons. The Morgan fingerprint density at radius 1 is 1.37 bits per heavy atom. The SMILES string of the molecule is CC(=O)N(C1C(=O)N2CC(CSc3nnc(C)s3)(C(=O)O)CS[C@H]12)S(=O)(=O)N(C)C. The Morgan fingerprint density at radius 2 is 2.03 bits per heavy atom. The molecule has 1 aromatic rings. The number of hydrogen-bond acceptors (Lipinski definition) is 10. The number of amides is 2. The number of rotatable bonds is 7. The van der Waals surface area contributed by atoms with Gasteiger partial charge in [-0.05, 0) is 6.92 Å². The number of nitrogens with zero attached hydrogens (tertiary/aromatic N) is 5. The molecule has 0 aliphatic carbocycles. The van der Waals surface area contributed by atoms with E-state index in [2.05, 4.69) is 10.2 Å². The summed E-state index contributed by atoms with van der Waals surface area (Å²) in [5.74, 6) is -2.01. The van der Waals surface area contributed by atoms with Crippen molar-refractivity contribution in [1.29, 1.82) is 0 Å². The number of carbonyl (C=O) groups excluding carboxylic acids is 2. The van der Waals surface area contributed by atoms with Gasteiger partial charge in [0, 0.05) is 39.1 Å². The quantitative estimate of drug-likeness (QED) is 0.404. The van der Waals surface area contributed by atoms with E-state index in [0.717, 1.165) is 16.2 Å². The molecule has 2 saturated heterocycles.